The van der Waals surface area contributed by atoms with Crippen LogP contribution in [-0.4, -0.2) is 23.2 Å². The van der Waals surface area contributed by atoms with Crippen LogP contribution >= 0.6 is 0 Å². The second-order valence-corrected chi connectivity index (χ2v) is 2.46. The molecule has 0 radical (unpaired) electrons. The molecule has 0 saturated carbocycles. The summed E-state index contributed by atoms with van der Waals surface area (Å²) in [5.74, 6) is -5.96. The van der Waals surface area contributed by atoms with Crippen LogP contribution in [0.3, 0.4) is 0 Å². The number of aromatic nitrogens is 2. The molecule has 0 unspecified atom stereocenters. The van der Waals surface area contributed by atoms with Gasteiger partial charge in [0.05, 0.1) is 0 Å². The Labute approximate surface area is 76.1 Å². The maximum atomic E-state index is 12.6. The molecule has 0 bridgehead atoms. The van der Waals surface area contributed by atoms with Crippen LogP contribution in [0.2, 0.25) is 0 Å². The Morgan fingerprint density at radius 3 is 2.50 bits per heavy atom. The number of nitrogens with zero attached hydrogens (tertiary/aromatic N) is 2. The van der Waals surface area contributed by atoms with Crippen molar-refractivity contribution in [3.05, 3.63) is 11.8 Å². The standard InChI is InChI=1S/C6H7F4N3O/c7-4(8)6(9,10)5-13-12-3(14-5)1-2-11/h4H,1-2,11H2. The molecule has 0 saturated heterocycles. The lowest BCUT2D eigenvalue weighted by molar-refractivity contribution is -0.151. The van der Waals surface area contributed by atoms with Crippen LogP contribution in [0.25, 0.3) is 0 Å². The Hall–Kier alpha value is -1.18. The van der Waals surface area contributed by atoms with Gasteiger partial charge in [-0.3, -0.25) is 0 Å². The van der Waals surface area contributed by atoms with E-state index in [2.05, 4.69) is 14.6 Å². The third kappa shape index (κ3) is 2.00. The normalized spacial score (nSPS) is 12.4. The minimum absolute atomic E-state index is 0.0757. The van der Waals surface area contributed by atoms with Crippen molar-refractivity contribution in [2.75, 3.05) is 6.54 Å². The van der Waals surface area contributed by atoms with Gasteiger partial charge in [-0.25, -0.2) is 8.78 Å². The molecule has 0 aliphatic heterocycles. The first-order valence-electron chi connectivity index (χ1n) is 3.67. The van der Waals surface area contributed by atoms with Gasteiger partial charge in [0.1, 0.15) is 0 Å². The van der Waals surface area contributed by atoms with E-state index >= 15 is 0 Å². The summed E-state index contributed by atoms with van der Waals surface area (Å²) in [5, 5.41) is 5.97. The molecule has 2 N–H and O–H groups in total. The molecule has 0 aliphatic carbocycles. The average Bonchev–Trinajstić information content (AvgIpc) is 2.53. The third-order valence-corrected chi connectivity index (χ3v) is 1.38. The largest absolute Gasteiger partial charge is 0.419 e. The highest BCUT2D eigenvalue weighted by molar-refractivity contribution is 4.93. The van der Waals surface area contributed by atoms with Crippen molar-refractivity contribution < 1.29 is 22.0 Å². The number of nitrogens with two attached hydrogens (primary N) is 1. The number of halogens is 4. The van der Waals surface area contributed by atoms with Gasteiger partial charge in [-0.15, -0.1) is 10.2 Å². The highest BCUT2D eigenvalue weighted by Gasteiger charge is 2.48. The summed E-state index contributed by atoms with van der Waals surface area (Å²) in [6.45, 7) is 0.113. The fourth-order valence-electron chi connectivity index (χ4n) is 0.706. The van der Waals surface area contributed by atoms with Gasteiger partial charge in [-0.1, -0.05) is 0 Å². The van der Waals surface area contributed by atoms with Crippen molar-refractivity contribution in [1.82, 2.24) is 10.2 Å². The Morgan fingerprint density at radius 2 is 2.00 bits per heavy atom. The zero-order valence-electron chi connectivity index (χ0n) is 6.88. The fourth-order valence-corrected chi connectivity index (χ4v) is 0.706. The molecule has 0 spiro atoms. The predicted octanol–water partition coefficient (Wildman–Crippen LogP) is 0.928. The van der Waals surface area contributed by atoms with Gasteiger partial charge in [0.2, 0.25) is 5.89 Å². The lowest BCUT2D eigenvalue weighted by Crippen LogP contribution is -2.23. The monoisotopic (exact) mass is 213 g/mol. The minimum atomic E-state index is -4.40. The maximum absolute atomic E-state index is 12.6. The van der Waals surface area contributed by atoms with Crippen LogP contribution < -0.4 is 5.73 Å². The van der Waals surface area contributed by atoms with Crippen molar-refractivity contribution in [3.63, 3.8) is 0 Å². The first-order chi connectivity index (χ1) is 6.48. The van der Waals surface area contributed by atoms with Gasteiger partial charge in [-0.2, -0.15) is 8.78 Å². The number of hydrogen-bond acceptors (Lipinski definition) is 4. The van der Waals surface area contributed by atoms with Crippen molar-refractivity contribution in [2.45, 2.75) is 18.8 Å². The van der Waals surface area contributed by atoms with Gasteiger partial charge < -0.3 is 10.2 Å². The SMILES string of the molecule is NCCc1nnc(C(F)(F)C(F)F)o1. The summed E-state index contributed by atoms with van der Waals surface area (Å²) in [7, 11) is 0. The number of hydrogen-bond donors (Lipinski definition) is 1. The van der Waals surface area contributed by atoms with E-state index in [4.69, 9.17) is 5.73 Å². The van der Waals surface area contributed by atoms with Crippen molar-refractivity contribution in [1.29, 1.82) is 0 Å². The highest BCUT2D eigenvalue weighted by Crippen LogP contribution is 2.33. The zero-order chi connectivity index (χ0) is 10.8. The molecular weight excluding hydrogens is 206 g/mol. The molecule has 14 heavy (non-hydrogen) atoms. The smallest absolute Gasteiger partial charge is 0.382 e. The molecule has 1 aromatic heterocycles. The van der Waals surface area contributed by atoms with Gasteiger partial charge in [0.15, 0.2) is 0 Å². The summed E-state index contributed by atoms with van der Waals surface area (Å²) < 4.78 is 53.0. The molecule has 0 atom stereocenters. The lowest BCUT2D eigenvalue weighted by Gasteiger charge is -2.08. The molecule has 1 aromatic rings. The second-order valence-electron chi connectivity index (χ2n) is 2.46. The average molecular weight is 213 g/mol. The minimum Gasteiger partial charge on any atom is -0.419 e. The van der Waals surface area contributed by atoms with Crippen LogP contribution in [0.5, 0.6) is 0 Å². The Kier molecular flexibility index (Phi) is 3.04. The zero-order valence-corrected chi connectivity index (χ0v) is 6.88. The second kappa shape index (κ2) is 3.91. The van der Waals surface area contributed by atoms with Crippen LogP contribution in [0.1, 0.15) is 11.8 Å². The number of rotatable bonds is 4. The highest BCUT2D eigenvalue weighted by atomic mass is 19.3. The predicted molar refractivity (Wildman–Crippen MR) is 37.0 cm³/mol. The van der Waals surface area contributed by atoms with Crippen LogP contribution in [-0.2, 0) is 12.3 Å². The van der Waals surface area contributed by atoms with Gasteiger partial charge in [-0.05, 0) is 0 Å². The van der Waals surface area contributed by atoms with Gasteiger partial charge in [0.25, 0.3) is 5.89 Å². The molecule has 0 amide bonds. The van der Waals surface area contributed by atoms with E-state index in [1.807, 2.05) is 0 Å². The number of alkyl halides is 4. The molecular formula is C6H7F4N3O. The Bertz CT molecular complexity index is 301. The molecule has 0 aliphatic rings. The van der Waals surface area contributed by atoms with Gasteiger partial charge >= 0.3 is 12.3 Å². The molecule has 8 heteroatoms. The molecule has 1 heterocycles. The Morgan fingerprint density at radius 1 is 1.36 bits per heavy atom. The van der Waals surface area contributed by atoms with E-state index in [0.29, 0.717) is 0 Å². The Balaban J connectivity index is 2.85. The fraction of sp³-hybridized carbons (Fsp3) is 0.667. The molecule has 0 aromatic carbocycles. The molecule has 1 rings (SSSR count). The third-order valence-electron chi connectivity index (χ3n) is 1.38. The van der Waals surface area contributed by atoms with E-state index in [1.54, 1.807) is 0 Å². The summed E-state index contributed by atoms with van der Waals surface area (Å²) >= 11 is 0. The van der Waals surface area contributed by atoms with E-state index in [9.17, 15) is 17.6 Å². The first kappa shape index (κ1) is 10.9. The van der Waals surface area contributed by atoms with Crippen molar-refractivity contribution in [3.8, 4) is 0 Å². The summed E-state index contributed by atoms with van der Waals surface area (Å²) in [6, 6.07) is 0. The first-order valence-corrected chi connectivity index (χ1v) is 3.67. The molecule has 0 fully saturated rings. The lowest BCUT2D eigenvalue weighted by atomic mass is 10.3. The van der Waals surface area contributed by atoms with Crippen molar-refractivity contribution >= 4 is 0 Å². The van der Waals surface area contributed by atoms with E-state index < -0.39 is 18.2 Å². The van der Waals surface area contributed by atoms with E-state index in [-0.39, 0.29) is 18.9 Å². The maximum Gasteiger partial charge on any atom is 0.382 e. The topological polar surface area (TPSA) is 64.9 Å². The van der Waals surface area contributed by atoms with Crippen LogP contribution in [0.15, 0.2) is 4.42 Å². The van der Waals surface area contributed by atoms with E-state index in [1.165, 1.54) is 0 Å². The van der Waals surface area contributed by atoms with Crippen molar-refractivity contribution in [2.24, 2.45) is 5.73 Å². The molecule has 4 nitrogen and oxygen atoms in total. The van der Waals surface area contributed by atoms with Crippen LogP contribution in [0, 0.1) is 0 Å². The summed E-state index contributed by atoms with van der Waals surface area (Å²) in [6.07, 6.45) is -3.79. The summed E-state index contributed by atoms with van der Waals surface area (Å²) in [5.41, 5.74) is 5.08. The quantitative estimate of drug-likeness (QED) is 0.755. The summed E-state index contributed by atoms with van der Waals surface area (Å²) in [4.78, 5) is 0. The molecule has 80 valence electrons. The van der Waals surface area contributed by atoms with E-state index in [0.717, 1.165) is 0 Å². The van der Waals surface area contributed by atoms with Gasteiger partial charge in [0, 0.05) is 13.0 Å². The van der Waals surface area contributed by atoms with Crippen LogP contribution in [0.4, 0.5) is 17.6 Å².